The number of rotatable bonds is 9. The normalized spacial score (nSPS) is 13.9. The number of hydrogen-bond acceptors (Lipinski definition) is 4. The lowest BCUT2D eigenvalue weighted by atomic mass is 10.2. The number of anilines is 1. The predicted molar refractivity (Wildman–Crippen MR) is 76.2 cm³/mol. The van der Waals surface area contributed by atoms with Gasteiger partial charge in [-0.3, -0.25) is 0 Å². The van der Waals surface area contributed by atoms with Crippen LogP contribution in [0.25, 0.3) is 0 Å². The van der Waals surface area contributed by atoms with E-state index in [0.29, 0.717) is 25.4 Å². The van der Waals surface area contributed by atoms with Gasteiger partial charge in [-0.05, 0) is 13.8 Å². The maximum absolute atomic E-state index is 5.72. The third kappa shape index (κ3) is 4.84. The summed E-state index contributed by atoms with van der Waals surface area (Å²) in [6, 6.07) is 0.0706. The minimum Gasteiger partial charge on any atom is -0.400 e. The van der Waals surface area contributed by atoms with Crippen LogP contribution in [-0.4, -0.2) is 31.1 Å². The van der Waals surface area contributed by atoms with Crippen molar-refractivity contribution in [1.82, 2.24) is 5.10 Å². The van der Waals surface area contributed by atoms with Crippen LogP contribution in [0.4, 0.5) is 5.69 Å². The Balaban J connectivity index is 2.58. The Morgan fingerprint density at radius 2 is 2.10 bits per heavy atom. The number of aromatic nitrogens is 2. The molecule has 0 saturated heterocycles. The minimum absolute atomic E-state index is 0.0706. The lowest BCUT2D eigenvalue weighted by molar-refractivity contribution is -0.788. The molecule has 0 bridgehead atoms. The van der Waals surface area contributed by atoms with Crippen LogP contribution in [0.1, 0.15) is 26.8 Å². The van der Waals surface area contributed by atoms with Crippen LogP contribution in [-0.2, 0) is 9.47 Å². The Labute approximate surface area is 119 Å². The fourth-order valence-electron chi connectivity index (χ4n) is 1.93. The van der Waals surface area contributed by atoms with E-state index in [4.69, 9.17) is 20.9 Å². The number of ether oxygens (including phenoxy) is 2. The molecule has 0 aliphatic carbocycles. The van der Waals surface area contributed by atoms with E-state index in [-0.39, 0.29) is 12.3 Å². The Morgan fingerprint density at radius 3 is 2.55 bits per heavy atom. The molecule has 0 aliphatic heterocycles. The van der Waals surface area contributed by atoms with Gasteiger partial charge in [0, 0.05) is 20.1 Å². The molecule has 0 amide bonds. The van der Waals surface area contributed by atoms with Crippen molar-refractivity contribution < 1.29 is 19.5 Å². The molecular weight excluding hydrogens is 258 g/mol. The maximum atomic E-state index is 5.72. The monoisotopic (exact) mass is 285 g/mol. The highest BCUT2D eigenvalue weighted by atomic mass is 16.7. The molecule has 1 unspecified atom stereocenters. The van der Waals surface area contributed by atoms with Crippen molar-refractivity contribution >= 4 is 5.69 Å². The summed E-state index contributed by atoms with van der Waals surface area (Å²) >= 11 is 0. The summed E-state index contributed by atoms with van der Waals surface area (Å²) in [5.74, 6) is 0. The highest BCUT2D eigenvalue weighted by molar-refractivity contribution is 5.27. The number of nitrogens with two attached hydrogens (primary N) is 3. The smallest absolute Gasteiger partial charge is 0.252 e. The molecule has 20 heavy (non-hydrogen) atoms. The Morgan fingerprint density at radius 1 is 1.45 bits per heavy atom. The van der Waals surface area contributed by atoms with Crippen LogP contribution in [0.15, 0.2) is 24.3 Å². The second kappa shape index (κ2) is 8.57. The Kier molecular flexibility index (Phi) is 7.06. The zero-order chi connectivity index (χ0) is 15.0. The molecule has 0 fully saturated rings. The summed E-state index contributed by atoms with van der Waals surface area (Å²) < 4.78 is 12.9. The van der Waals surface area contributed by atoms with Crippen LogP contribution < -0.4 is 21.5 Å². The molecule has 7 heteroatoms. The second-order valence-corrected chi connectivity index (χ2v) is 4.43. The molecule has 0 spiro atoms. The van der Waals surface area contributed by atoms with Crippen molar-refractivity contribution in [3.63, 3.8) is 0 Å². The van der Waals surface area contributed by atoms with E-state index in [1.807, 2.05) is 37.0 Å². The third-order valence-electron chi connectivity index (χ3n) is 3.01. The highest BCUT2D eigenvalue weighted by Crippen LogP contribution is 2.03. The fraction of sp³-hybridized carbons (Fsp3) is 0.615. The van der Waals surface area contributed by atoms with E-state index < -0.39 is 0 Å². The fourth-order valence-corrected chi connectivity index (χ4v) is 1.93. The zero-order valence-corrected chi connectivity index (χ0v) is 12.5. The third-order valence-corrected chi connectivity index (χ3v) is 3.01. The van der Waals surface area contributed by atoms with Crippen molar-refractivity contribution in [2.45, 2.75) is 33.1 Å². The molecule has 7 N–H and O–H groups in total. The van der Waals surface area contributed by atoms with Crippen molar-refractivity contribution in [2.24, 2.45) is 5.73 Å². The van der Waals surface area contributed by atoms with E-state index >= 15 is 0 Å². The van der Waals surface area contributed by atoms with Gasteiger partial charge in [-0.25, -0.2) is 0 Å². The number of nitrogens with zero attached hydrogens (tertiary/aromatic N) is 1. The standard InChI is InChI=1S/C13H25N5O2/c1-4-19-13(20-5-2)8-16-12(6-14)10(3)18-9-11(15)7-17-18/h6-7,9-10,13,16H,4-5,8,14-15H2,1-3H3/p+2/b12-6-. The van der Waals surface area contributed by atoms with Crippen molar-refractivity contribution in [1.29, 1.82) is 0 Å². The molecule has 0 aromatic carbocycles. The van der Waals surface area contributed by atoms with Crippen LogP contribution in [0, 0.1) is 0 Å². The number of nitrogens with one attached hydrogen (secondary N) is 1. The molecule has 0 aliphatic rings. The van der Waals surface area contributed by atoms with Crippen molar-refractivity contribution in [3.8, 4) is 0 Å². The van der Waals surface area contributed by atoms with Gasteiger partial charge in [-0.1, -0.05) is 0 Å². The van der Waals surface area contributed by atoms with Gasteiger partial charge in [0.15, 0.2) is 5.70 Å². The van der Waals surface area contributed by atoms with E-state index in [1.165, 1.54) is 0 Å². The van der Waals surface area contributed by atoms with E-state index in [1.54, 1.807) is 12.4 Å². The van der Waals surface area contributed by atoms with Crippen LogP contribution in [0.5, 0.6) is 0 Å². The van der Waals surface area contributed by atoms with Crippen molar-refractivity contribution in [2.75, 3.05) is 25.5 Å². The molecule has 114 valence electrons. The minimum atomic E-state index is -0.231. The molecule has 1 atom stereocenters. The molecular formula is C13H27N5O2+2. The first-order valence-electron chi connectivity index (χ1n) is 6.95. The molecule has 1 rings (SSSR count). The molecule has 0 saturated carbocycles. The first-order valence-corrected chi connectivity index (χ1v) is 6.95. The molecule has 1 heterocycles. The first kappa shape index (κ1) is 16.5. The number of nitrogen functional groups attached to an aromatic ring is 1. The van der Waals surface area contributed by atoms with E-state index in [9.17, 15) is 0 Å². The average molecular weight is 285 g/mol. The number of hydrogen-bond donors (Lipinski definition) is 4. The summed E-state index contributed by atoms with van der Waals surface area (Å²) in [5.41, 5.74) is 13.1. The number of allylic oxidation sites excluding steroid dienone is 1. The van der Waals surface area contributed by atoms with E-state index in [0.717, 1.165) is 5.70 Å². The topological polar surface area (TPSA) is 107 Å². The van der Waals surface area contributed by atoms with Gasteiger partial charge >= 0.3 is 0 Å². The SMILES string of the molecule is CCOC(C[NH2+]/C(=C\N)C(C)[n+]1cc(N)c[nH]1)OCC. The van der Waals surface area contributed by atoms with Crippen molar-refractivity contribution in [3.05, 3.63) is 24.3 Å². The summed E-state index contributed by atoms with van der Waals surface area (Å²) in [4.78, 5) is 0. The zero-order valence-electron chi connectivity index (χ0n) is 12.5. The van der Waals surface area contributed by atoms with Gasteiger partial charge in [0.1, 0.15) is 12.2 Å². The first-order chi connectivity index (χ1) is 9.62. The lowest BCUT2D eigenvalue weighted by Crippen LogP contribution is -2.86. The van der Waals surface area contributed by atoms with Gasteiger partial charge in [0.25, 0.3) is 6.04 Å². The summed E-state index contributed by atoms with van der Waals surface area (Å²) in [6.07, 6.45) is 4.95. The van der Waals surface area contributed by atoms with Gasteiger partial charge in [-0.2, -0.15) is 5.10 Å². The van der Waals surface area contributed by atoms with Crippen LogP contribution in [0.3, 0.4) is 0 Å². The number of quaternary nitrogens is 1. The lowest BCUT2D eigenvalue weighted by Gasteiger charge is -2.16. The quantitative estimate of drug-likeness (QED) is 0.352. The van der Waals surface area contributed by atoms with Gasteiger partial charge in [0.05, 0.1) is 12.4 Å². The van der Waals surface area contributed by atoms with Crippen LogP contribution >= 0.6 is 0 Å². The molecule has 1 aromatic heterocycles. The largest absolute Gasteiger partial charge is 0.400 e. The van der Waals surface area contributed by atoms with Gasteiger partial charge in [0.2, 0.25) is 12.5 Å². The van der Waals surface area contributed by atoms with Crippen LogP contribution in [0.2, 0.25) is 0 Å². The predicted octanol–water partition coefficient (Wildman–Crippen LogP) is -0.792. The highest BCUT2D eigenvalue weighted by Gasteiger charge is 2.24. The Bertz CT molecular complexity index is 413. The van der Waals surface area contributed by atoms with Gasteiger partial charge in [-0.15, -0.1) is 4.68 Å². The molecule has 7 nitrogen and oxygen atoms in total. The van der Waals surface area contributed by atoms with Gasteiger partial charge < -0.3 is 26.3 Å². The second-order valence-electron chi connectivity index (χ2n) is 4.43. The molecule has 0 radical (unpaired) electrons. The number of H-pyrrole nitrogens is 1. The summed E-state index contributed by atoms with van der Waals surface area (Å²) in [7, 11) is 0. The summed E-state index contributed by atoms with van der Waals surface area (Å²) in [6.45, 7) is 7.85. The number of aromatic amines is 1. The maximum Gasteiger partial charge on any atom is 0.252 e. The summed E-state index contributed by atoms with van der Waals surface area (Å²) in [5, 5.41) is 5.10. The molecule has 1 aromatic rings. The Hall–Kier alpha value is -1.57. The van der Waals surface area contributed by atoms with E-state index in [2.05, 4.69) is 5.10 Å². The average Bonchev–Trinajstić information content (AvgIpc) is 2.86.